The smallest absolute Gasteiger partial charge is 0.171 e. The highest BCUT2D eigenvalue weighted by Gasteiger charge is 2.25. The van der Waals surface area contributed by atoms with Crippen molar-refractivity contribution in [2.45, 2.75) is 12.6 Å². The first-order valence-electron chi connectivity index (χ1n) is 2.03. The molecular weight excluding hydrogens is 232 g/mol. The fourth-order valence-electron chi connectivity index (χ4n) is 0.218. The predicted octanol–water partition coefficient (Wildman–Crippen LogP) is 2.58. The lowest BCUT2D eigenvalue weighted by Crippen LogP contribution is -2.07. The van der Waals surface area contributed by atoms with Gasteiger partial charge in [-0.2, -0.15) is 13.2 Å². The van der Waals surface area contributed by atoms with Crippen LogP contribution in [0.15, 0.2) is 0 Å². The van der Waals surface area contributed by atoms with Crippen molar-refractivity contribution in [1.29, 1.82) is 0 Å². The Morgan fingerprint density at radius 1 is 1.38 bits per heavy atom. The third-order valence-electron chi connectivity index (χ3n) is 0.485. The van der Waals surface area contributed by atoms with Gasteiger partial charge in [-0.1, -0.05) is 22.6 Å². The Morgan fingerprint density at radius 2 is 1.88 bits per heavy atom. The van der Waals surface area contributed by atoms with Gasteiger partial charge in [0.15, 0.2) is 0 Å². The molecule has 0 N–H and O–H groups in total. The van der Waals surface area contributed by atoms with E-state index in [9.17, 15) is 13.2 Å². The summed E-state index contributed by atoms with van der Waals surface area (Å²) < 4.78 is 34.1. The molecule has 0 bridgehead atoms. The number of halogens is 4. The monoisotopic (exact) mass is 237 g/mol. The number of rotatable bonds is 2. The zero-order valence-corrected chi connectivity index (χ0v) is 6.16. The lowest BCUT2D eigenvalue weighted by Gasteiger charge is -2.01. The van der Waals surface area contributed by atoms with Crippen molar-refractivity contribution in [2.75, 3.05) is 4.43 Å². The van der Waals surface area contributed by atoms with E-state index in [1.54, 1.807) is 0 Å². The molecule has 0 aliphatic heterocycles. The van der Waals surface area contributed by atoms with Gasteiger partial charge >= 0.3 is 6.18 Å². The van der Waals surface area contributed by atoms with Crippen LogP contribution < -0.4 is 0 Å². The van der Waals surface area contributed by atoms with Crippen molar-refractivity contribution in [3.63, 3.8) is 0 Å². The molecule has 0 spiro atoms. The summed E-state index contributed by atoms with van der Waals surface area (Å²) in [5, 5.41) is 0. The quantitative estimate of drug-likeness (QED) is 0.511. The Balaban J connectivity index is 3.11. The summed E-state index contributed by atoms with van der Waals surface area (Å²) in [4.78, 5) is 0. The second kappa shape index (κ2) is 3.53. The molecule has 0 atom stereocenters. The summed E-state index contributed by atoms with van der Waals surface area (Å²) in [5.41, 5.74) is 0. The third kappa shape index (κ3) is 6.52. The summed E-state index contributed by atoms with van der Waals surface area (Å²) in [6, 6.07) is 0. The van der Waals surface area contributed by atoms with Crippen molar-refractivity contribution in [1.82, 2.24) is 0 Å². The van der Waals surface area contributed by atoms with Crippen molar-refractivity contribution in [3.8, 4) is 0 Å². The van der Waals surface area contributed by atoms with Gasteiger partial charge in [-0.15, -0.1) is 0 Å². The molecule has 0 saturated heterocycles. The molecule has 0 rings (SSSR count). The zero-order chi connectivity index (χ0) is 6.62. The minimum absolute atomic E-state index is 0.115. The van der Waals surface area contributed by atoms with Crippen LogP contribution in [0.3, 0.4) is 0 Å². The van der Waals surface area contributed by atoms with Crippen molar-refractivity contribution in [2.24, 2.45) is 0 Å². The van der Waals surface area contributed by atoms with Gasteiger partial charge in [0.05, 0.1) is 6.42 Å². The van der Waals surface area contributed by atoms with Gasteiger partial charge in [-0.05, 0) is 6.42 Å². The van der Waals surface area contributed by atoms with E-state index in [2.05, 4.69) is 0 Å². The van der Waals surface area contributed by atoms with E-state index in [0.717, 1.165) is 0 Å². The average Bonchev–Trinajstić information content (AvgIpc) is 1.59. The second-order valence-electron chi connectivity index (χ2n) is 1.22. The van der Waals surface area contributed by atoms with Crippen LogP contribution in [0, 0.1) is 6.42 Å². The molecule has 8 heavy (non-hydrogen) atoms. The van der Waals surface area contributed by atoms with Gasteiger partial charge in [0.1, 0.15) is 0 Å². The van der Waals surface area contributed by atoms with Crippen LogP contribution in [0.25, 0.3) is 0 Å². The lowest BCUT2D eigenvalue weighted by molar-refractivity contribution is -0.0975. The molecular formula is C4H5F3I. The van der Waals surface area contributed by atoms with Gasteiger partial charge in [-0.25, -0.2) is 0 Å². The topological polar surface area (TPSA) is 0 Å². The Hall–Kier alpha value is 0.520. The van der Waals surface area contributed by atoms with E-state index in [0.29, 0.717) is 10.8 Å². The average molecular weight is 237 g/mol. The first-order valence-corrected chi connectivity index (χ1v) is 3.56. The summed E-state index contributed by atoms with van der Waals surface area (Å²) in [6.45, 7) is 0. The van der Waals surface area contributed by atoms with E-state index in [-0.39, 0.29) is 6.42 Å². The maximum Gasteiger partial charge on any atom is 0.392 e. The maximum absolute atomic E-state index is 11.2. The predicted molar refractivity (Wildman–Crippen MR) is 33.9 cm³/mol. The van der Waals surface area contributed by atoms with Crippen LogP contribution in [-0.4, -0.2) is 10.6 Å². The lowest BCUT2D eigenvalue weighted by atomic mass is 10.3. The van der Waals surface area contributed by atoms with Crippen LogP contribution in [-0.2, 0) is 0 Å². The van der Waals surface area contributed by atoms with Crippen LogP contribution in [0.2, 0.25) is 0 Å². The summed E-state index contributed by atoms with van der Waals surface area (Å²) in [5.74, 6) is 0. The SMILES string of the molecule is FC(F)(F)[CH]CCI. The molecule has 0 aliphatic carbocycles. The maximum atomic E-state index is 11.2. The number of hydrogen-bond donors (Lipinski definition) is 0. The summed E-state index contributed by atoms with van der Waals surface area (Å²) >= 11 is 1.90. The van der Waals surface area contributed by atoms with E-state index >= 15 is 0 Å². The van der Waals surface area contributed by atoms with Crippen molar-refractivity contribution in [3.05, 3.63) is 6.42 Å². The first kappa shape index (κ1) is 8.52. The molecule has 0 heterocycles. The normalized spacial score (nSPS) is 12.0. The Kier molecular flexibility index (Phi) is 3.76. The minimum atomic E-state index is -4.08. The molecule has 0 aromatic heterocycles. The molecule has 4 heteroatoms. The Morgan fingerprint density at radius 3 is 2.00 bits per heavy atom. The molecule has 0 aromatic carbocycles. The number of hydrogen-bond acceptors (Lipinski definition) is 0. The van der Waals surface area contributed by atoms with Gasteiger partial charge in [0.2, 0.25) is 0 Å². The number of alkyl halides is 4. The highest BCUT2D eigenvalue weighted by molar-refractivity contribution is 14.1. The first-order chi connectivity index (χ1) is 3.56. The van der Waals surface area contributed by atoms with E-state index in [4.69, 9.17) is 0 Å². The summed E-state index contributed by atoms with van der Waals surface area (Å²) in [7, 11) is 0. The van der Waals surface area contributed by atoms with Crippen LogP contribution >= 0.6 is 22.6 Å². The van der Waals surface area contributed by atoms with Crippen molar-refractivity contribution < 1.29 is 13.2 Å². The van der Waals surface area contributed by atoms with Gasteiger partial charge in [-0.3, -0.25) is 0 Å². The molecule has 0 unspecified atom stereocenters. The van der Waals surface area contributed by atoms with Gasteiger partial charge < -0.3 is 0 Å². The second-order valence-corrected chi connectivity index (χ2v) is 2.30. The summed E-state index contributed by atoms with van der Waals surface area (Å²) in [6.07, 6.45) is -3.60. The fraction of sp³-hybridized carbons (Fsp3) is 0.750. The third-order valence-corrected chi connectivity index (χ3v) is 1.11. The standard InChI is InChI=1S/C4H5F3I/c5-4(6,7)2-1-3-8/h2H,1,3H2. The molecule has 0 fully saturated rings. The minimum Gasteiger partial charge on any atom is -0.171 e. The van der Waals surface area contributed by atoms with E-state index < -0.39 is 6.18 Å². The fourth-order valence-corrected chi connectivity index (χ4v) is 0.530. The molecule has 0 nitrogen and oxygen atoms in total. The van der Waals surface area contributed by atoms with Crippen molar-refractivity contribution >= 4 is 22.6 Å². The Bertz CT molecular complexity index is 58.8. The zero-order valence-electron chi connectivity index (χ0n) is 4.00. The Labute approximate surface area is 59.6 Å². The largest absolute Gasteiger partial charge is 0.392 e. The van der Waals surface area contributed by atoms with Gasteiger partial charge in [0.25, 0.3) is 0 Å². The van der Waals surface area contributed by atoms with E-state index in [1.165, 1.54) is 0 Å². The van der Waals surface area contributed by atoms with Crippen LogP contribution in [0.5, 0.6) is 0 Å². The molecule has 49 valence electrons. The van der Waals surface area contributed by atoms with Crippen LogP contribution in [0.4, 0.5) is 13.2 Å². The highest BCUT2D eigenvalue weighted by Crippen LogP contribution is 2.20. The molecule has 0 aliphatic rings. The molecule has 1 radical (unpaired) electrons. The molecule has 0 amide bonds. The molecule has 0 aromatic rings. The van der Waals surface area contributed by atoms with E-state index in [1.807, 2.05) is 22.6 Å². The van der Waals surface area contributed by atoms with Crippen LogP contribution in [0.1, 0.15) is 6.42 Å². The van der Waals surface area contributed by atoms with Gasteiger partial charge in [0, 0.05) is 4.43 Å². The molecule has 0 saturated carbocycles. The highest BCUT2D eigenvalue weighted by atomic mass is 127.